The van der Waals surface area contributed by atoms with E-state index in [0.717, 1.165) is 11.8 Å². The highest BCUT2D eigenvalue weighted by atomic mass is 32.2. The van der Waals surface area contributed by atoms with E-state index in [1.807, 2.05) is 0 Å². The average molecular weight is 202 g/mol. The molecule has 13 heavy (non-hydrogen) atoms. The molecular weight excluding hydrogens is 180 g/mol. The number of hydrogen-bond donors (Lipinski definition) is 2. The molecule has 78 valence electrons. The topological polar surface area (TPSA) is 38.0 Å². The lowest BCUT2D eigenvalue weighted by atomic mass is 9.93. The second-order valence-electron chi connectivity index (χ2n) is 4.37. The van der Waals surface area contributed by atoms with Gasteiger partial charge in [-0.05, 0) is 42.6 Å². The molecule has 1 heterocycles. The van der Waals surface area contributed by atoms with Gasteiger partial charge in [-0.15, -0.1) is 0 Å². The number of rotatable bonds is 5. The zero-order valence-corrected chi connectivity index (χ0v) is 9.57. The summed E-state index contributed by atoms with van der Waals surface area (Å²) in [5.41, 5.74) is 2.99. The van der Waals surface area contributed by atoms with Gasteiger partial charge >= 0.3 is 0 Å². The number of hydrogen-bond acceptors (Lipinski definition) is 3. The number of hydrazine groups is 1. The Morgan fingerprint density at radius 2 is 2.23 bits per heavy atom. The third-order valence-corrected chi connectivity index (χ3v) is 3.99. The average Bonchev–Trinajstić information content (AvgIpc) is 2.58. The standard InChI is InChI=1S/C10H22N2S/c1-8(2)3-4-10(12-11)9-5-6-13-7-9/h8-10,12H,3-7,11H2,1-2H3. The van der Waals surface area contributed by atoms with Crippen molar-refractivity contribution in [2.24, 2.45) is 17.7 Å². The Bertz CT molecular complexity index is 133. The molecule has 0 amide bonds. The third kappa shape index (κ3) is 3.88. The Kier molecular flexibility index (Phi) is 5.14. The van der Waals surface area contributed by atoms with E-state index in [9.17, 15) is 0 Å². The van der Waals surface area contributed by atoms with Crippen molar-refractivity contribution in [3.05, 3.63) is 0 Å². The SMILES string of the molecule is CC(C)CCC(NN)C1CCSC1. The zero-order valence-electron chi connectivity index (χ0n) is 8.75. The fraction of sp³-hybridized carbons (Fsp3) is 1.00. The molecule has 1 rings (SSSR count). The van der Waals surface area contributed by atoms with Crippen LogP contribution in [-0.2, 0) is 0 Å². The van der Waals surface area contributed by atoms with Gasteiger partial charge in [0, 0.05) is 6.04 Å². The molecule has 1 aliphatic heterocycles. The molecule has 2 atom stereocenters. The zero-order chi connectivity index (χ0) is 9.68. The van der Waals surface area contributed by atoms with Crippen LogP contribution < -0.4 is 11.3 Å². The molecule has 0 aromatic rings. The molecular formula is C10H22N2S. The summed E-state index contributed by atoms with van der Waals surface area (Å²) >= 11 is 2.06. The molecule has 0 bridgehead atoms. The molecule has 0 radical (unpaired) electrons. The second kappa shape index (κ2) is 5.89. The van der Waals surface area contributed by atoms with E-state index in [4.69, 9.17) is 5.84 Å². The molecule has 1 saturated heterocycles. The lowest BCUT2D eigenvalue weighted by Gasteiger charge is -2.22. The molecule has 0 saturated carbocycles. The van der Waals surface area contributed by atoms with Crippen LogP contribution in [0.15, 0.2) is 0 Å². The fourth-order valence-corrected chi connectivity index (χ4v) is 3.18. The van der Waals surface area contributed by atoms with Gasteiger partial charge in [0.25, 0.3) is 0 Å². The van der Waals surface area contributed by atoms with Gasteiger partial charge in [0.15, 0.2) is 0 Å². The van der Waals surface area contributed by atoms with Crippen molar-refractivity contribution in [3.8, 4) is 0 Å². The summed E-state index contributed by atoms with van der Waals surface area (Å²) in [6, 6.07) is 0.553. The Hall–Kier alpha value is 0.270. The quantitative estimate of drug-likeness (QED) is 0.529. The van der Waals surface area contributed by atoms with Gasteiger partial charge in [-0.25, -0.2) is 0 Å². The fourth-order valence-electron chi connectivity index (χ4n) is 1.84. The molecule has 2 nitrogen and oxygen atoms in total. The summed E-state index contributed by atoms with van der Waals surface area (Å²) in [6.07, 6.45) is 3.87. The summed E-state index contributed by atoms with van der Waals surface area (Å²) in [5.74, 6) is 9.81. The highest BCUT2D eigenvalue weighted by Gasteiger charge is 2.24. The summed E-state index contributed by atoms with van der Waals surface area (Å²) < 4.78 is 0. The molecule has 3 N–H and O–H groups in total. The Morgan fingerprint density at radius 3 is 2.69 bits per heavy atom. The van der Waals surface area contributed by atoms with E-state index in [1.165, 1.54) is 30.8 Å². The van der Waals surface area contributed by atoms with Crippen LogP contribution in [0.3, 0.4) is 0 Å². The number of thioether (sulfide) groups is 1. The Balaban J connectivity index is 2.24. The first-order valence-corrected chi connectivity index (χ1v) is 6.43. The van der Waals surface area contributed by atoms with Crippen molar-refractivity contribution >= 4 is 11.8 Å². The first-order chi connectivity index (χ1) is 6.24. The number of nitrogens with one attached hydrogen (secondary N) is 1. The Morgan fingerprint density at radius 1 is 1.46 bits per heavy atom. The molecule has 0 spiro atoms. The van der Waals surface area contributed by atoms with E-state index in [-0.39, 0.29) is 0 Å². The van der Waals surface area contributed by atoms with Crippen LogP contribution in [0.2, 0.25) is 0 Å². The van der Waals surface area contributed by atoms with Gasteiger partial charge in [-0.3, -0.25) is 11.3 Å². The largest absolute Gasteiger partial charge is 0.271 e. The summed E-state index contributed by atoms with van der Waals surface area (Å²) in [6.45, 7) is 4.55. The van der Waals surface area contributed by atoms with E-state index < -0.39 is 0 Å². The minimum absolute atomic E-state index is 0.553. The summed E-state index contributed by atoms with van der Waals surface area (Å²) in [5, 5.41) is 0. The maximum atomic E-state index is 5.58. The molecule has 1 aliphatic rings. The van der Waals surface area contributed by atoms with Crippen molar-refractivity contribution in [3.63, 3.8) is 0 Å². The first kappa shape index (κ1) is 11.3. The summed E-state index contributed by atoms with van der Waals surface area (Å²) in [4.78, 5) is 0. The van der Waals surface area contributed by atoms with Gasteiger partial charge in [0.1, 0.15) is 0 Å². The van der Waals surface area contributed by atoms with Crippen molar-refractivity contribution < 1.29 is 0 Å². The van der Waals surface area contributed by atoms with E-state index >= 15 is 0 Å². The first-order valence-electron chi connectivity index (χ1n) is 5.28. The van der Waals surface area contributed by atoms with Gasteiger partial charge in [-0.2, -0.15) is 11.8 Å². The second-order valence-corrected chi connectivity index (χ2v) is 5.52. The minimum atomic E-state index is 0.553. The van der Waals surface area contributed by atoms with Crippen molar-refractivity contribution in [2.75, 3.05) is 11.5 Å². The Labute approximate surface area is 86.0 Å². The molecule has 0 aromatic heterocycles. The molecule has 0 aromatic carbocycles. The van der Waals surface area contributed by atoms with Crippen LogP contribution in [-0.4, -0.2) is 17.5 Å². The monoisotopic (exact) mass is 202 g/mol. The van der Waals surface area contributed by atoms with Gasteiger partial charge < -0.3 is 0 Å². The van der Waals surface area contributed by atoms with Crippen LogP contribution in [0.25, 0.3) is 0 Å². The third-order valence-electron chi connectivity index (χ3n) is 2.80. The lowest BCUT2D eigenvalue weighted by molar-refractivity contribution is 0.343. The van der Waals surface area contributed by atoms with Crippen LogP contribution in [0, 0.1) is 11.8 Å². The van der Waals surface area contributed by atoms with Crippen molar-refractivity contribution in [1.82, 2.24) is 5.43 Å². The van der Waals surface area contributed by atoms with Crippen LogP contribution in [0.1, 0.15) is 33.1 Å². The number of nitrogens with two attached hydrogens (primary N) is 1. The highest BCUT2D eigenvalue weighted by Crippen LogP contribution is 2.28. The maximum Gasteiger partial charge on any atom is 0.0247 e. The predicted molar refractivity (Wildman–Crippen MR) is 60.6 cm³/mol. The van der Waals surface area contributed by atoms with Gasteiger partial charge in [-0.1, -0.05) is 13.8 Å². The van der Waals surface area contributed by atoms with Gasteiger partial charge in [0.2, 0.25) is 0 Å². The van der Waals surface area contributed by atoms with Crippen LogP contribution >= 0.6 is 11.8 Å². The maximum absolute atomic E-state index is 5.58. The molecule has 2 unspecified atom stereocenters. The van der Waals surface area contributed by atoms with E-state index in [2.05, 4.69) is 31.0 Å². The van der Waals surface area contributed by atoms with E-state index in [1.54, 1.807) is 0 Å². The highest BCUT2D eigenvalue weighted by molar-refractivity contribution is 7.99. The summed E-state index contributed by atoms with van der Waals surface area (Å²) in [7, 11) is 0. The normalized spacial score (nSPS) is 25.4. The predicted octanol–water partition coefficient (Wildman–Crippen LogP) is 2.01. The van der Waals surface area contributed by atoms with Crippen LogP contribution in [0.4, 0.5) is 0 Å². The van der Waals surface area contributed by atoms with E-state index in [0.29, 0.717) is 6.04 Å². The lowest BCUT2D eigenvalue weighted by Crippen LogP contribution is -2.41. The molecule has 0 aliphatic carbocycles. The molecule has 1 fully saturated rings. The van der Waals surface area contributed by atoms with Crippen molar-refractivity contribution in [2.45, 2.75) is 39.2 Å². The smallest absolute Gasteiger partial charge is 0.0247 e. The minimum Gasteiger partial charge on any atom is -0.271 e. The van der Waals surface area contributed by atoms with Crippen LogP contribution in [0.5, 0.6) is 0 Å². The van der Waals surface area contributed by atoms with Gasteiger partial charge in [0.05, 0.1) is 0 Å². The molecule has 3 heteroatoms. The van der Waals surface area contributed by atoms with Crippen molar-refractivity contribution in [1.29, 1.82) is 0 Å².